The van der Waals surface area contributed by atoms with Gasteiger partial charge in [-0.15, -0.1) is 0 Å². The van der Waals surface area contributed by atoms with Crippen LogP contribution in [0.25, 0.3) is 0 Å². The zero-order chi connectivity index (χ0) is 21.0. The molecule has 2 unspecified atom stereocenters. The molecule has 0 amide bonds. The molecule has 0 aliphatic carbocycles. The molecular weight excluding hydrogens is 424 g/mol. The molecule has 1 aliphatic heterocycles. The van der Waals surface area contributed by atoms with Gasteiger partial charge in [0, 0.05) is 30.0 Å². The van der Waals surface area contributed by atoms with Crippen LogP contribution < -0.4 is 5.32 Å². The van der Waals surface area contributed by atoms with E-state index in [9.17, 15) is 0 Å². The summed E-state index contributed by atoms with van der Waals surface area (Å²) >= 11 is 7.33. The van der Waals surface area contributed by atoms with Gasteiger partial charge in [0.2, 0.25) is 0 Å². The summed E-state index contributed by atoms with van der Waals surface area (Å²) in [5, 5.41) is 4.98. The van der Waals surface area contributed by atoms with E-state index in [0.29, 0.717) is 11.7 Å². The summed E-state index contributed by atoms with van der Waals surface area (Å²) in [6.45, 7) is 0.634. The largest absolute Gasteiger partial charge is 0.452 e. The molecule has 5 nitrogen and oxygen atoms in total. The molecule has 0 spiro atoms. The number of thiocarbonyl (C=S) groups is 1. The van der Waals surface area contributed by atoms with Crippen molar-refractivity contribution in [3.63, 3.8) is 0 Å². The third-order valence-corrected chi connectivity index (χ3v) is 6.41. The van der Waals surface area contributed by atoms with Crippen LogP contribution in [0.3, 0.4) is 0 Å². The molecule has 154 valence electrons. The molecule has 1 N–H and O–H groups in total. The summed E-state index contributed by atoms with van der Waals surface area (Å²) in [5.41, 5.74) is 2.01. The van der Waals surface area contributed by atoms with Crippen LogP contribution in [-0.4, -0.2) is 20.0 Å². The number of rotatable bonds is 6. The van der Waals surface area contributed by atoms with Crippen molar-refractivity contribution in [1.82, 2.24) is 20.2 Å². The summed E-state index contributed by atoms with van der Waals surface area (Å²) in [4.78, 5) is 12.1. The van der Waals surface area contributed by atoms with Crippen molar-refractivity contribution >= 4 is 29.1 Å². The Balaban J connectivity index is 1.48. The topological polar surface area (TPSA) is 54.2 Å². The second-order valence-electron chi connectivity index (χ2n) is 7.19. The molecule has 31 heavy (non-hydrogen) atoms. The number of nitrogens with one attached hydrogen (secondary N) is 1. The van der Waals surface area contributed by atoms with E-state index in [1.165, 1.54) is 0 Å². The van der Waals surface area contributed by atoms with Gasteiger partial charge in [0.1, 0.15) is 11.8 Å². The highest BCUT2D eigenvalue weighted by Gasteiger charge is 2.41. The normalized spacial score (nSPS) is 18.2. The maximum absolute atomic E-state index is 6.32. The summed E-state index contributed by atoms with van der Waals surface area (Å²) in [6, 6.07) is 24.0. The second kappa shape index (κ2) is 8.91. The van der Waals surface area contributed by atoms with Crippen molar-refractivity contribution < 1.29 is 4.42 Å². The van der Waals surface area contributed by atoms with E-state index in [0.717, 1.165) is 27.0 Å². The molecule has 1 saturated heterocycles. The van der Waals surface area contributed by atoms with E-state index in [-0.39, 0.29) is 12.1 Å². The van der Waals surface area contributed by atoms with Gasteiger partial charge in [-0.05, 0) is 60.2 Å². The molecule has 0 bridgehead atoms. The van der Waals surface area contributed by atoms with Gasteiger partial charge in [0.25, 0.3) is 0 Å². The Morgan fingerprint density at radius 1 is 0.968 bits per heavy atom. The minimum atomic E-state index is -0.118. The summed E-state index contributed by atoms with van der Waals surface area (Å²) in [7, 11) is 0. The third kappa shape index (κ3) is 4.33. The molecule has 3 aromatic heterocycles. The maximum atomic E-state index is 6.32. The Bertz CT molecular complexity index is 1150. The summed E-state index contributed by atoms with van der Waals surface area (Å²) < 4.78 is 6.32. The number of benzene rings is 1. The molecule has 1 aromatic carbocycles. The first kappa shape index (κ1) is 19.8. The van der Waals surface area contributed by atoms with Gasteiger partial charge in [-0.2, -0.15) is 0 Å². The Morgan fingerprint density at radius 2 is 1.84 bits per heavy atom. The van der Waals surface area contributed by atoms with E-state index in [2.05, 4.69) is 38.4 Å². The molecular formula is C24H20N4OS2. The highest BCUT2D eigenvalue weighted by atomic mass is 32.2. The van der Waals surface area contributed by atoms with Gasteiger partial charge < -0.3 is 14.6 Å². The second-order valence-corrected chi connectivity index (χ2v) is 8.65. The van der Waals surface area contributed by atoms with Crippen LogP contribution >= 0.6 is 24.0 Å². The summed E-state index contributed by atoms with van der Waals surface area (Å²) in [6.07, 6.45) is 5.45. The van der Waals surface area contributed by atoms with Crippen LogP contribution in [0.5, 0.6) is 0 Å². The Labute approximate surface area is 190 Å². The first-order valence-corrected chi connectivity index (χ1v) is 11.2. The van der Waals surface area contributed by atoms with Gasteiger partial charge in [-0.1, -0.05) is 42.1 Å². The lowest BCUT2D eigenvalue weighted by Crippen LogP contribution is -2.29. The van der Waals surface area contributed by atoms with Crippen molar-refractivity contribution in [3.05, 3.63) is 108 Å². The molecule has 0 saturated carbocycles. The van der Waals surface area contributed by atoms with Gasteiger partial charge in [0.05, 0.1) is 11.7 Å². The van der Waals surface area contributed by atoms with Crippen LogP contribution in [-0.2, 0) is 6.54 Å². The van der Waals surface area contributed by atoms with E-state index in [1.54, 1.807) is 24.2 Å². The van der Waals surface area contributed by atoms with Gasteiger partial charge in [-0.25, -0.2) is 0 Å². The molecule has 1 aliphatic rings. The number of furan rings is 1. The van der Waals surface area contributed by atoms with Crippen molar-refractivity contribution in [1.29, 1.82) is 0 Å². The van der Waals surface area contributed by atoms with Gasteiger partial charge in [0.15, 0.2) is 10.2 Å². The average Bonchev–Trinajstić information content (AvgIpc) is 3.40. The fourth-order valence-electron chi connectivity index (χ4n) is 3.73. The predicted octanol–water partition coefficient (Wildman–Crippen LogP) is 5.39. The zero-order valence-corrected chi connectivity index (χ0v) is 18.2. The molecule has 4 heterocycles. The quantitative estimate of drug-likeness (QED) is 0.400. The minimum Gasteiger partial charge on any atom is -0.452 e. The third-order valence-electron chi connectivity index (χ3n) is 5.13. The van der Waals surface area contributed by atoms with Crippen LogP contribution in [0, 0.1) is 0 Å². The number of aromatic nitrogens is 2. The van der Waals surface area contributed by atoms with Crippen LogP contribution in [0.1, 0.15) is 29.1 Å². The fraction of sp³-hybridized carbons (Fsp3) is 0.125. The smallest absolute Gasteiger partial charge is 0.170 e. The van der Waals surface area contributed by atoms with E-state index in [4.69, 9.17) is 16.6 Å². The van der Waals surface area contributed by atoms with Crippen LogP contribution in [0.4, 0.5) is 0 Å². The van der Waals surface area contributed by atoms with Gasteiger partial charge >= 0.3 is 0 Å². The Hall–Kier alpha value is -3.16. The molecule has 4 aromatic rings. The molecule has 2 atom stereocenters. The van der Waals surface area contributed by atoms with E-state index >= 15 is 0 Å². The Kier molecular flexibility index (Phi) is 5.69. The minimum absolute atomic E-state index is 0.105. The maximum Gasteiger partial charge on any atom is 0.170 e. The SMILES string of the molecule is S=C1NC(c2ccccn2)C(c2ccc(Sc3ccccc3)o2)N1Cc1cccnc1. The van der Waals surface area contributed by atoms with Crippen LogP contribution in [0.2, 0.25) is 0 Å². The van der Waals surface area contributed by atoms with Crippen molar-refractivity contribution in [3.8, 4) is 0 Å². The monoisotopic (exact) mass is 444 g/mol. The standard InChI is InChI=1S/C24H20N4OS2/c30-24-27-22(19-10-4-5-14-26-19)23(28(24)16-17-7-6-13-25-15-17)20-11-12-21(29-20)31-18-8-2-1-3-9-18/h1-15,22-23H,16H2,(H,27,30). The fourth-order valence-corrected chi connectivity index (χ4v) is 4.83. The lowest BCUT2D eigenvalue weighted by Gasteiger charge is -2.26. The number of hydrogen-bond acceptors (Lipinski definition) is 5. The van der Waals surface area contributed by atoms with E-state index in [1.807, 2.05) is 60.8 Å². The highest BCUT2D eigenvalue weighted by molar-refractivity contribution is 7.99. The molecule has 0 radical (unpaired) electrons. The molecule has 7 heteroatoms. The lowest BCUT2D eigenvalue weighted by atomic mass is 10.0. The molecule has 5 rings (SSSR count). The van der Waals surface area contributed by atoms with Crippen molar-refractivity contribution in [2.45, 2.75) is 28.6 Å². The number of nitrogens with zero attached hydrogens (tertiary/aromatic N) is 3. The van der Waals surface area contributed by atoms with Crippen LogP contribution in [0.15, 0.2) is 106 Å². The van der Waals surface area contributed by atoms with Crippen molar-refractivity contribution in [2.24, 2.45) is 0 Å². The number of hydrogen-bond donors (Lipinski definition) is 1. The first-order valence-electron chi connectivity index (χ1n) is 9.97. The molecule has 1 fully saturated rings. The summed E-state index contributed by atoms with van der Waals surface area (Å²) in [5.74, 6) is 0.852. The van der Waals surface area contributed by atoms with E-state index < -0.39 is 0 Å². The average molecular weight is 445 g/mol. The number of pyridine rings is 2. The zero-order valence-electron chi connectivity index (χ0n) is 16.6. The predicted molar refractivity (Wildman–Crippen MR) is 125 cm³/mol. The first-order chi connectivity index (χ1) is 15.3. The lowest BCUT2D eigenvalue weighted by molar-refractivity contribution is 0.254. The Morgan fingerprint density at radius 3 is 2.61 bits per heavy atom. The highest BCUT2D eigenvalue weighted by Crippen LogP contribution is 2.41. The van der Waals surface area contributed by atoms with Gasteiger partial charge in [-0.3, -0.25) is 9.97 Å². The van der Waals surface area contributed by atoms with Crippen molar-refractivity contribution in [2.75, 3.05) is 0 Å².